The molecule has 1 heterocycles. The van der Waals surface area contributed by atoms with Crippen LogP contribution in [0.25, 0.3) is 0 Å². The molecule has 0 aliphatic carbocycles. The van der Waals surface area contributed by atoms with Crippen LogP contribution in [0.15, 0.2) is 42.9 Å². The molecule has 0 N–H and O–H groups in total. The molecule has 0 spiro atoms. The Balaban J connectivity index is 2.08. The van der Waals surface area contributed by atoms with Gasteiger partial charge in [-0.25, -0.2) is 4.98 Å². The summed E-state index contributed by atoms with van der Waals surface area (Å²) in [6, 6.07) is 7.14. The number of aromatic nitrogens is 2. The Morgan fingerprint density at radius 2 is 1.78 bits per heavy atom. The predicted molar refractivity (Wildman–Crippen MR) is 66.5 cm³/mol. The Hall–Kier alpha value is -2.36. The third-order valence-electron chi connectivity index (χ3n) is 2.54. The molecule has 1 aromatic heterocycles. The summed E-state index contributed by atoms with van der Waals surface area (Å²) in [6.07, 6.45) is 4.11. The van der Waals surface area contributed by atoms with Crippen LogP contribution in [0.5, 0.6) is 0 Å². The third kappa shape index (κ3) is 2.85. The van der Waals surface area contributed by atoms with Crippen molar-refractivity contribution < 1.29 is 9.59 Å². The molecule has 0 bridgehead atoms. The summed E-state index contributed by atoms with van der Waals surface area (Å²) in [5.41, 5.74) is 1.84. The van der Waals surface area contributed by atoms with E-state index in [1.807, 2.05) is 19.1 Å². The van der Waals surface area contributed by atoms with Crippen LogP contribution < -0.4 is 0 Å². The Bertz CT molecular complexity index is 562. The molecule has 0 atom stereocenters. The second kappa shape index (κ2) is 5.31. The molecule has 4 nitrogen and oxygen atoms in total. The maximum Gasteiger partial charge on any atom is 0.190 e. The molecule has 0 aliphatic heterocycles. The van der Waals surface area contributed by atoms with Gasteiger partial charge in [-0.05, 0) is 6.92 Å². The van der Waals surface area contributed by atoms with Crippen LogP contribution in [-0.4, -0.2) is 21.5 Å². The Kier molecular flexibility index (Phi) is 3.57. The van der Waals surface area contributed by atoms with Gasteiger partial charge >= 0.3 is 0 Å². The number of rotatable bonds is 4. The molecule has 2 aromatic rings. The summed E-state index contributed by atoms with van der Waals surface area (Å²) in [6.45, 7) is 1.94. The largest absolute Gasteiger partial charge is 0.294 e. The lowest BCUT2D eigenvalue weighted by Gasteiger charge is -2.01. The highest BCUT2D eigenvalue weighted by molar-refractivity contribution is 6.12. The van der Waals surface area contributed by atoms with Crippen LogP contribution in [0, 0.1) is 6.92 Å². The second-order valence-corrected chi connectivity index (χ2v) is 3.98. The Morgan fingerprint density at radius 3 is 2.39 bits per heavy atom. The van der Waals surface area contributed by atoms with E-state index in [0.29, 0.717) is 5.56 Å². The number of ketones is 2. The van der Waals surface area contributed by atoms with Crippen molar-refractivity contribution in [2.45, 2.75) is 13.3 Å². The zero-order valence-corrected chi connectivity index (χ0v) is 9.96. The average Bonchev–Trinajstić information content (AvgIpc) is 2.40. The van der Waals surface area contributed by atoms with Crippen molar-refractivity contribution in [3.05, 3.63) is 59.7 Å². The first-order valence-corrected chi connectivity index (χ1v) is 5.56. The van der Waals surface area contributed by atoms with Crippen LogP contribution in [0.3, 0.4) is 0 Å². The number of hydrogen-bond donors (Lipinski definition) is 0. The van der Waals surface area contributed by atoms with Gasteiger partial charge in [-0.3, -0.25) is 14.6 Å². The smallest absolute Gasteiger partial charge is 0.190 e. The van der Waals surface area contributed by atoms with Gasteiger partial charge in [-0.1, -0.05) is 29.8 Å². The van der Waals surface area contributed by atoms with E-state index in [9.17, 15) is 9.59 Å². The van der Waals surface area contributed by atoms with Gasteiger partial charge in [0, 0.05) is 18.0 Å². The second-order valence-electron chi connectivity index (χ2n) is 3.98. The van der Waals surface area contributed by atoms with Crippen molar-refractivity contribution in [3.63, 3.8) is 0 Å². The molecule has 0 radical (unpaired) electrons. The molecule has 2 rings (SSSR count). The molecule has 1 aromatic carbocycles. The molecule has 0 unspecified atom stereocenters. The number of carbonyl (C=O) groups excluding carboxylic acids is 2. The van der Waals surface area contributed by atoms with Crippen LogP contribution in [-0.2, 0) is 0 Å². The molecule has 4 heteroatoms. The fourth-order valence-electron chi connectivity index (χ4n) is 1.52. The first-order chi connectivity index (χ1) is 8.66. The third-order valence-corrected chi connectivity index (χ3v) is 2.54. The van der Waals surface area contributed by atoms with Gasteiger partial charge in [-0.2, -0.15) is 0 Å². The van der Waals surface area contributed by atoms with Crippen molar-refractivity contribution in [1.29, 1.82) is 0 Å². The molecule has 0 amide bonds. The molecule has 0 saturated heterocycles. The van der Waals surface area contributed by atoms with Crippen molar-refractivity contribution in [1.82, 2.24) is 9.97 Å². The average molecular weight is 240 g/mol. The van der Waals surface area contributed by atoms with Crippen LogP contribution in [0.1, 0.15) is 32.8 Å². The predicted octanol–water partition coefficient (Wildman–Crippen LogP) is 2.24. The topological polar surface area (TPSA) is 59.9 Å². The normalized spacial score (nSPS) is 10.1. The summed E-state index contributed by atoms with van der Waals surface area (Å²) >= 11 is 0. The minimum Gasteiger partial charge on any atom is -0.294 e. The molecular weight excluding hydrogens is 228 g/mol. The number of hydrogen-bond acceptors (Lipinski definition) is 4. The molecule has 0 aliphatic rings. The van der Waals surface area contributed by atoms with Crippen molar-refractivity contribution in [2.24, 2.45) is 0 Å². The summed E-state index contributed by atoms with van der Waals surface area (Å²) in [4.78, 5) is 31.3. The van der Waals surface area contributed by atoms with Gasteiger partial charge < -0.3 is 0 Å². The number of Topliss-reactive ketones (excluding diaryl/α,β-unsaturated/α-hetero) is 2. The highest BCUT2D eigenvalue weighted by Crippen LogP contribution is 2.08. The summed E-state index contributed by atoms with van der Waals surface area (Å²) in [7, 11) is 0. The molecule has 18 heavy (non-hydrogen) atoms. The Morgan fingerprint density at radius 1 is 1.06 bits per heavy atom. The highest BCUT2D eigenvalue weighted by Gasteiger charge is 2.14. The van der Waals surface area contributed by atoms with E-state index < -0.39 is 0 Å². The molecule has 0 fully saturated rings. The van der Waals surface area contributed by atoms with Crippen LogP contribution >= 0.6 is 0 Å². The van der Waals surface area contributed by atoms with Crippen molar-refractivity contribution >= 4 is 11.6 Å². The molecule has 90 valence electrons. The molecule has 0 saturated carbocycles. The van der Waals surface area contributed by atoms with E-state index in [2.05, 4.69) is 9.97 Å². The first kappa shape index (κ1) is 12.1. The minimum atomic E-state index is -0.311. The monoisotopic (exact) mass is 240 g/mol. The fourth-order valence-corrected chi connectivity index (χ4v) is 1.52. The lowest BCUT2D eigenvalue weighted by molar-refractivity contribution is 0.0891. The fraction of sp³-hybridized carbons (Fsp3) is 0.143. The minimum absolute atomic E-state index is 0.179. The first-order valence-electron chi connectivity index (χ1n) is 5.56. The number of carbonyl (C=O) groups is 2. The quantitative estimate of drug-likeness (QED) is 0.607. The van der Waals surface area contributed by atoms with Gasteiger partial charge in [0.05, 0.1) is 12.6 Å². The van der Waals surface area contributed by atoms with Gasteiger partial charge in [0.2, 0.25) is 0 Å². The standard InChI is InChI=1S/C14H12N2O2/c1-10-2-4-11(5-3-10)13(17)8-14(18)12-9-15-6-7-16-12/h2-7,9H,8H2,1H3. The zero-order valence-electron chi connectivity index (χ0n) is 9.96. The van der Waals surface area contributed by atoms with Gasteiger partial charge in [0.1, 0.15) is 5.69 Å². The number of benzene rings is 1. The highest BCUT2D eigenvalue weighted by atomic mass is 16.1. The SMILES string of the molecule is Cc1ccc(C(=O)CC(=O)c2cnccn2)cc1. The lowest BCUT2D eigenvalue weighted by atomic mass is 10.0. The van der Waals surface area contributed by atoms with Crippen molar-refractivity contribution in [3.8, 4) is 0 Å². The zero-order chi connectivity index (χ0) is 13.0. The van der Waals surface area contributed by atoms with Gasteiger partial charge in [0.25, 0.3) is 0 Å². The number of nitrogens with zero attached hydrogens (tertiary/aromatic N) is 2. The summed E-state index contributed by atoms with van der Waals surface area (Å²) in [5, 5.41) is 0. The van der Waals surface area contributed by atoms with Crippen LogP contribution in [0.2, 0.25) is 0 Å². The maximum atomic E-state index is 11.9. The van der Waals surface area contributed by atoms with Crippen molar-refractivity contribution in [2.75, 3.05) is 0 Å². The van der Waals surface area contributed by atoms with E-state index in [1.54, 1.807) is 12.1 Å². The summed E-state index contributed by atoms with van der Waals surface area (Å²) < 4.78 is 0. The van der Waals surface area contributed by atoms with E-state index >= 15 is 0 Å². The van der Waals surface area contributed by atoms with E-state index in [-0.39, 0.29) is 23.7 Å². The Labute approximate surface area is 105 Å². The maximum absolute atomic E-state index is 11.9. The van der Waals surface area contributed by atoms with Crippen LogP contribution in [0.4, 0.5) is 0 Å². The van der Waals surface area contributed by atoms with E-state index in [1.165, 1.54) is 18.6 Å². The van der Waals surface area contributed by atoms with Gasteiger partial charge in [0.15, 0.2) is 11.6 Å². The number of aryl methyl sites for hydroxylation is 1. The molecular formula is C14H12N2O2. The van der Waals surface area contributed by atoms with Gasteiger partial charge in [-0.15, -0.1) is 0 Å². The van der Waals surface area contributed by atoms with E-state index in [0.717, 1.165) is 5.56 Å². The van der Waals surface area contributed by atoms with E-state index in [4.69, 9.17) is 0 Å². The summed E-state index contributed by atoms with van der Waals surface area (Å²) in [5.74, 6) is -0.515. The lowest BCUT2D eigenvalue weighted by Crippen LogP contribution is -2.10.